The molecule has 0 aromatic heterocycles. The van der Waals surface area contributed by atoms with Gasteiger partial charge in [-0.05, 0) is 38.5 Å². The standard InChI is InChI=1S/C65H127N2O6P/c1-6-8-10-12-14-16-18-19-20-21-22-23-24-25-26-27-28-29-30-31-32-33-34-35-36-37-38-39-40-41-42-43-44-45-46-47-49-51-53-55-57-59-65(69)66-63(62-73-74(70,71)72-61-60-67(3,4)5)64(68)58-56-54-52-50-48-17-15-13-11-9-7-2/h11,13,48,50,56,58,63-64,68H,6-10,12,14-47,49,51-55,57,59-62H2,1-5H3,(H-,66,69,70,71)/b13-11+,50-48+,58-56+. The minimum absolute atomic E-state index is 0.00783. The Morgan fingerprint density at radius 2 is 0.757 bits per heavy atom. The fraction of sp³-hybridized carbons (Fsp3) is 0.892. The number of carbonyl (C=O) groups excluding carboxylic acids is 1. The fourth-order valence-corrected chi connectivity index (χ4v) is 10.5. The van der Waals surface area contributed by atoms with E-state index in [1.54, 1.807) is 6.08 Å². The number of allylic oxidation sites excluding steroid dienone is 5. The van der Waals surface area contributed by atoms with Gasteiger partial charge in [0.2, 0.25) is 5.91 Å². The number of carbonyl (C=O) groups is 1. The zero-order valence-corrected chi connectivity index (χ0v) is 51.0. The first-order valence-electron chi connectivity index (χ1n) is 32.4. The molecule has 0 spiro atoms. The van der Waals surface area contributed by atoms with E-state index in [0.717, 1.165) is 51.4 Å². The van der Waals surface area contributed by atoms with Crippen molar-refractivity contribution in [1.82, 2.24) is 5.32 Å². The molecule has 3 unspecified atom stereocenters. The van der Waals surface area contributed by atoms with E-state index < -0.39 is 26.6 Å². The van der Waals surface area contributed by atoms with Crippen molar-refractivity contribution in [3.05, 3.63) is 36.5 Å². The average Bonchev–Trinajstić information content (AvgIpc) is 3.36. The van der Waals surface area contributed by atoms with Gasteiger partial charge in [-0.2, -0.15) is 0 Å². The predicted octanol–water partition coefficient (Wildman–Crippen LogP) is 19.5. The molecule has 1 amide bonds. The number of hydrogen-bond acceptors (Lipinski definition) is 6. The van der Waals surface area contributed by atoms with Crippen LogP contribution in [0.1, 0.15) is 322 Å². The van der Waals surface area contributed by atoms with Crippen molar-refractivity contribution in [1.29, 1.82) is 0 Å². The lowest BCUT2D eigenvalue weighted by Crippen LogP contribution is -2.45. The molecule has 9 heteroatoms. The molecule has 8 nitrogen and oxygen atoms in total. The average molecular weight is 1060 g/mol. The molecular weight excluding hydrogens is 936 g/mol. The number of likely N-dealkylation sites (N-methyl/N-ethyl adjacent to an activating group) is 1. The van der Waals surface area contributed by atoms with Crippen molar-refractivity contribution in [3.8, 4) is 0 Å². The van der Waals surface area contributed by atoms with Gasteiger partial charge in [0.15, 0.2) is 0 Å². The van der Waals surface area contributed by atoms with Crippen LogP contribution in [0.3, 0.4) is 0 Å². The topological polar surface area (TPSA) is 108 Å². The molecule has 0 aromatic rings. The molecule has 0 radical (unpaired) electrons. The van der Waals surface area contributed by atoms with Crippen LogP contribution in [0.2, 0.25) is 0 Å². The number of aliphatic hydroxyl groups excluding tert-OH is 1. The number of rotatable bonds is 60. The molecule has 438 valence electrons. The highest BCUT2D eigenvalue weighted by molar-refractivity contribution is 7.45. The Balaban J connectivity index is 3.77. The maximum Gasteiger partial charge on any atom is 0.268 e. The summed E-state index contributed by atoms with van der Waals surface area (Å²) in [5, 5.41) is 13.8. The first-order valence-corrected chi connectivity index (χ1v) is 33.8. The summed E-state index contributed by atoms with van der Waals surface area (Å²) < 4.78 is 23.2. The van der Waals surface area contributed by atoms with E-state index in [1.165, 1.54) is 250 Å². The summed E-state index contributed by atoms with van der Waals surface area (Å²) in [5.41, 5.74) is 0. The van der Waals surface area contributed by atoms with Gasteiger partial charge in [-0.3, -0.25) is 9.36 Å². The third-order valence-corrected chi connectivity index (χ3v) is 15.8. The molecule has 0 aromatic carbocycles. The summed E-state index contributed by atoms with van der Waals surface area (Å²) in [6, 6.07) is -0.906. The van der Waals surface area contributed by atoms with E-state index in [9.17, 15) is 19.4 Å². The molecule has 0 heterocycles. The lowest BCUT2D eigenvalue weighted by atomic mass is 10.0. The molecule has 0 saturated carbocycles. The zero-order chi connectivity index (χ0) is 54.2. The third kappa shape index (κ3) is 58.4. The van der Waals surface area contributed by atoms with Crippen LogP contribution in [0.4, 0.5) is 0 Å². The Hall–Kier alpha value is -1.28. The van der Waals surface area contributed by atoms with Gasteiger partial charge in [-0.25, -0.2) is 0 Å². The number of hydrogen-bond donors (Lipinski definition) is 2. The van der Waals surface area contributed by atoms with Crippen LogP contribution in [0.25, 0.3) is 0 Å². The summed E-state index contributed by atoms with van der Waals surface area (Å²) in [6.07, 6.45) is 74.5. The second-order valence-electron chi connectivity index (χ2n) is 23.5. The molecule has 0 fully saturated rings. The SMILES string of the molecule is CCC/C=C/CC/C=C/CC/C=C/C(O)C(COP(=O)([O-])OCC[N+](C)(C)C)NC(=O)CCCCCCCCCCCCCCCCCCCCCCCCCCCCCCCCCCCCCCCCCCC. The summed E-state index contributed by atoms with van der Waals surface area (Å²) >= 11 is 0. The maximum absolute atomic E-state index is 12.9. The highest BCUT2D eigenvalue weighted by Gasteiger charge is 2.23. The van der Waals surface area contributed by atoms with E-state index >= 15 is 0 Å². The summed E-state index contributed by atoms with van der Waals surface area (Å²) in [5.74, 6) is -0.208. The molecule has 0 aliphatic carbocycles. The van der Waals surface area contributed by atoms with Crippen molar-refractivity contribution in [2.45, 2.75) is 334 Å². The van der Waals surface area contributed by atoms with Crippen LogP contribution in [-0.2, 0) is 18.4 Å². The van der Waals surface area contributed by atoms with E-state index in [-0.39, 0.29) is 12.5 Å². The van der Waals surface area contributed by atoms with Crippen molar-refractivity contribution in [3.63, 3.8) is 0 Å². The van der Waals surface area contributed by atoms with Crippen molar-refractivity contribution >= 4 is 13.7 Å². The van der Waals surface area contributed by atoms with E-state index in [0.29, 0.717) is 17.4 Å². The molecular formula is C65H127N2O6P. The normalized spacial score (nSPS) is 14.0. The maximum atomic E-state index is 12.9. The first kappa shape index (κ1) is 72.7. The zero-order valence-electron chi connectivity index (χ0n) is 50.1. The second kappa shape index (κ2) is 56.4. The Morgan fingerprint density at radius 3 is 1.07 bits per heavy atom. The van der Waals surface area contributed by atoms with Gasteiger partial charge in [-0.15, -0.1) is 0 Å². The number of quaternary nitrogens is 1. The number of aliphatic hydroxyl groups is 1. The summed E-state index contributed by atoms with van der Waals surface area (Å²) in [6.45, 7) is 4.57. The number of amides is 1. The van der Waals surface area contributed by atoms with Crippen LogP contribution in [0, 0.1) is 0 Å². The Kier molecular flexibility index (Phi) is 55.5. The van der Waals surface area contributed by atoms with Crippen molar-refractivity contribution in [2.24, 2.45) is 0 Å². The third-order valence-electron chi connectivity index (χ3n) is 14.8. The van der Waals surface area contributed by atoms with Crippen LogP contribution >= 0.6 is 7.82 Å². The fourth-order valence-electron chi connectivity index (χ4n) is 9.79. The van der Waals surface area contributed by atoms with Crippen molar-refractivity contribution in [2.75, 3.05) is 40.9 Å². The molecule has 0 rings (SSSR count). The van der Waals surface area contributed by atoms with Gasteiger partial charge >= 0.3 is 0 Å². The van der Waals surface area contributed by atoms with Crippen LogP contribution in [-0.4, -0.2) is 68.5 Å². The van der Waals surface area contributed by atoms with Crippen LogP contribution in [0.5, 0.6) is 0 Å². The van der Waals surface area contributed by atoms with Crippen molar-refractivity contribution < 1.29 is 32.9 Å². The number of phosphoric acid groups is 1. The summed E-state index contributed by atoms with van der Waals surface area (Å²) in [4.78, 5) is 25.4. The molecule has 0 aliphatic heterocycles. The van der Waals surface area contributed by atoms with E-state index in [1.807, 2.05) is 27.2 Å². The van der Waals surface area contributed by atoms with Crippen LogP contribution < -0.4 is 10.2 Å². The largest absolute Gasteiger partial charge is 0.756 e. The van der Waals surface area contributed by atoms with Gasteiger partial charge in [0.05, 0.1) is 39.9 Å². The minimum Gasteiger partial charge on any atom is -0.756 e. The van der Waals surface area contributed by atoms with Gasteiger partial charge in [0.1, 0.15) is 13.2 Å². The van der Waals surface area contributed by atoms with E-state index in [2.05, 4.69) is 43.5 Å². The van der Waals surface area contributed by atoms with Gasteiger partial charge in [0, 0.05) is 6.42 Å². The molecule has 0 bridgehead atoms. The Labute approximate surface area is 461 Å². The number of unbranched alkanes of at least 4 members (excludes halogenated alkanes) is 43. The smallest absolute Gasteiger partial charge is 0.268 e. The molecule has 3 atom stereocenters. The molecule has 2 N–H and O–H groups in total. The molecule has 74 heavy (non-hydrogen) atoms. The Bertz CT molecular complexity index is 1300. The van der Waals surface area contributed by atoms with Gasteiger partial charge in [-0.1, -0.05) is 314 Å². The second-order valence-corrected chi connectivity index (χ2v) is 24.9. The van der Waals surface area contributed by atoms with E-state index in [4.69, 9.17) is 9.05 Å². The highest BCUT2D eigenvalue weighted by atomic mass is 31.2. The predicted molar refractivity (Wildman–Crippen MR) is 321 cm³/mol. The number of nitrogens with one attached hydrogen (secondary N) is 1. The Morgan fingerprint density at radius 1 is 0.459 bits per heavy atom. The molecule has 0 saturated heterocycles. The number of nitrogens with zero attached hydrogens (tertiary/aromatic N) is 1. The van der Waals surface area contributed by atoms with Gasteiger partial charge in [0.25, 0.3) is 7.82 Å². The lowest BCUT2D eigenvalue weighted by Gasteiger charge is -2.29. The monoisotopic (exact) mass is 1060 g/mol. The van der Waals surface area contributed by atoms with Crippen LogP contribution in [0.15, 0.2) is 36.5 Å². The molecule has 0 aliphatic rings. The summed E-state index contributed by atoms with van der Waals surface area (Å²) in [7, 11) is 1.24. The lowest BCUT2D eigenvalue weighted by molar-refractivity contribution is -0.870. The first-order chi connectivity index (χ1) is 36.0. The van der Waals surface area contributed by atoms with Gasteiger partial charge < -0.3 is 28.8 Å². The highest BCUT2D eigenvalue weighted by Crippen LogP contribution is 2.38. The number of phosphoric ester groups is 1. The quantitative estimate of drug-likeness (QED) is 0.0272. The minimum atomic E-state index is -4.60.